The van der Waals surface area contributed by atoms with Crippen LogP contribution in [0.2, 0.25) is 0 Å². The Morgan fingerprint density at radius 3 is 3.00 bits per heavy atom. The number of rotatable bonds is 4. The maximum atomic E-state index is 11.5. The minimum Gasteiger partial charge on any atom is -0.465 e. The molecule has 0 atom stereocenters. The summed E-state index contributed by atoms with van der Waals surface area (Å²) >= 11 is 1.89. The van der Waals surface area contributed by atoms with Gasteiger partial charge in [-0.3, -0.25) is 0 Å². The molecule has 0 spiro atoms. The summed E-state index contributed by atoms with van der Waals surface area (Å²) in [7, 11) is 1.38. The maximum Gasteiger partial charge on any atom is 0.339 e. The van der Waals surface area contributed by atoms with Gasteiger partial charge in [-0.05, 0) is 49.9 Å². The molecule has 2 aromatic rings. The summed E-state index contributed by atoms with van der Waals surface area (Å²) < 4.78 is 4.72. The second kappa shape index (κ2) is 5.85. The summed E-state index contributed by atoms with van der Waals surface area (Å²) in [6.07, 6.45) is 3.74. The van der Waals surface area contributed by atoms with Gasteiger partial charge in [-0.1, -0.05) is 0 Å². The molecule has 1 N–H and O–H groups in total. The monoisotopic (exact) mass is 302 g/mol. The largest absolute Gasteiger partial charge is 0.465 e. The molecule has 0 saturated carbocycles. The fourth-order valence-corrected chi connectivity index (χ4v) is 3.84. The number of carbonyl (C=O) groups excluding carboxylic acids is 1. The van der Waals surface area contributed by atoms with E-state index in [1.165, 1.54) is 41.7 Å². The molecular formula is C16H18N2O2S. The van der Waals surface area contributed by atoms with E-state index in [9.17, 15) is 4.79 Å². The summed E-state index contributed by atoms with van der Waals surface area (Å²) in [4.78, 5) is 18.8. The van der Waals surface area contributed by atoms with E-state index >= 15 is 0 Å². The third-order valence-corrected chi connectivity index (χ3v) is 4.97. The molecule has 0 unspecified atom stereocenters. The van der Waals surface area contributed by atoms with Crippen LogP contribution in [-0.4, -0.2) is 18.1 Å². The average molecular weight is 302 g/mol. The molecule has 4 nitrogen and oxygen atoms in total. The molecule has 0 aromatic carbocycles. The van der Waals surface area contributed by atoms with Gasteiger partial charge in [-0.25, -0.2) is 9.78 Å². The minimum atomic E-state index is -0.346. The van der Waals surface area contributed by atoms with Crippen LogP contribution in [0.15, 0.2) is 18.2 Å². The zero-order valence-electron chi connectivity index (χ0n) is 12.2. The van der Waals surface area contributed by atoms with Crippen molar-refractivity contribution < 1.29 is 9.53 Å². The lowest BCUT2D eigenvalue weighted by molar-refractivity contribution is 0.0599. The van der Waals surface area contributed by atoms with Gasteiger partial charge in [0, 0.05) is 9.75 Å². The maximum absolute atomic E-state index is 11.5. The molecule has 5 heteroatoms. The Balaban J connectivity index is 1.67. The summed E-state index contributed by atoms with van der Waals surface area (Å²) in [5.74, 6) is 0.440. The van der Waals surface area contributed by atoms with Crippen LogP contribution in [0, 0.1) is 6.92 Å². The molecule has 0 radical (unpaired) electrons. The number of esters is 1. The Morgan fingerprint density at radius 1 is 1.43 bits per heavy atom. The van der Waals surface area contributed by atoms with Gasteiger partial charge in [0.1, 0.15) is 5.82 Å². The number of aromatic nitrogens is 1. The molecule has 0 fully saturated rings. The first-order chi connectivity index (χ1) is 10.2. The number of thiophene rings is 1. The molecule has 0 bridgehead atoms. The lowest BCUT2D eigenvalue weighted by Crippen LogP contribution is -2.07. The second-order valence-electron chi connectivity index (χ2n) is 5.19. The molecule has 0 amide bonds. The molecule has 21 heavy (non-hydrogen) atoms. The van der Waals surface area contributed by atoms with E-state index in [-0.39, 0.29) is 5.97 Å². The van der Waals surface area contributed by atoms with Crippen molar-refractivity contribution in [2.45, 2.75) is 32.7 Å². The van der Waals surface area contributed by atoms with Crippen LogP contribution in [-0.2, 0) is 24.1 Å². The van der Waals surface area contributed by atoms with Crippen molar-refractivity contribution in [3.63, 3.8) is 0 Å². The van der Waals surface area contributed by atoms with E-state index < -0.39 is 0 Å². The number of carbonyl (C=O) groups is 1. The quantitative estimate of drug-likeness (QED) is 0.880. The third-order valence-electron chi connectivity index (χ3n) is 3.73. The van der Waals surface area contributed by atoms with Crippen molar-refractivity contribution >= 4 is 23.1 Å². The minimum absolute atomic E-state index is 0.346. The first kappa shape index (κ1) is 14.1. The van der Waals surface area contributed by atoms with E-state index in [1.54, 1.807) is 6.07 Å². The van der Waals surface area contributed by atoms with E-state index in [1.807, 2.05) is 24.3 Å². The molecule has 3 rings (SSSR count). The normalized spacial score (nSPS) is 13.0. The Kier molecular flexibility index (Phi) is 3.92. The summed E-state index contributed by atoms with van der Waals surface area (Å²) in [6.45, 7) is 2.60. The molecule has 0 aliphatic heterocycles. The van der Waals surface area contributed by atoms with Crippen molar-refractivity contribution in [2.24, 2.45) is 0 Å². The first-order valence-corrected chi connectivity index (χ1v) is 7.89. The summed E-state index contributed by atoms with van der Waals surface area (Å²) in [6, 6.07) is 5.88. The average Bonchev–Trinajstić information content (AvgIpc) is 3.05. The lowest BCUT2D eigenvalue weighted by atomic mass is 10.2. The number of nitrogens with one attached hydrogen (secondary N) is 1. The Morgan fingerprint density at radius 2 is 2.29 bits per heavy atom. The number of anilines is 1. The van der Waals surface area contributed by atoms with Gasteiger partial charge < -0.3 is 10.1 Å². The SMILES string of the molecule is COC(=O)c1ccc(NCc2cc3c(s2)CCC3)nc1C. The summed E-state index contributed by atoms with van der Waals surface area (Å²) in [5.41, 5.74) is 2.71. The number of aryl methyl sites for hydroxylation is 3. The van der Waals surface area contributed by atoms with Crippen molar-refractivity contribution in [1.82, 2.24) is 4.98 Å². The van der Waals surface area contributed by atoms with Gasteiger partial charge in [0.15, 0.2) is 0 Å². The highest BCUT2D eigenvalue weighted by molar-refractivity contribution is 7.12. The predicted molar refractivity (Wildman–Crippen MR) is 84.0 cm³/mol. The second-order valence-corrected chi connectivity index (χ2v) is 6.41. The van der Waals surface area contributed by atoms with Gasteiger partial charge in [0.2, 0.25) is 0 Å². The van der Waals surface area contributed by atoms with Crippen molar-refractivity contribution in [1.29, 1.82) is 0 Å². The smallest absolute Gasteiger partial charge is 0.339 e. The van der Waals surface area contributed by atoms with Crippen LogP contribution in [0.1, 0.15) is 37.8 Å². The van der Waals surface area contributed by atoms with Crippen LogP contribution < -0.4 is 5.32 Å². The van der Waals surface area contributed by atoms with Gasteiger partial charge in [-0.15, -0.1) is 11.3 Å². The zero-order chi connectivity index (χ0) is 14.8. The van der Waals surface area contributed by atoms with Crippen LogP contribution in [0.25, 0.3) is 0 Å². The number of hydrogen-bond acceptors (Lipinski definition) is 5. The van der Waals surface area contributed by atoms with Crippen molar-refractivity contribution in [3.05, 3.63) is 44.8 Å². The van der Waals surface area contributed by atoms with E-state index in [0.717, 1.165) is 12.4 Å². The molecule has 0 saturated heterocycles. The number of fused-ring (bicyclic) bond motifs is 1. The molecule has 2 aromatic heterocycles. The molecule has 1 aliphatic carbocycles. The van der Waals surface area contributed by atoms with Crippen LogP contribution >= 0.6 is 11.3 Å². The first-order valence-electron chi connectivity index (χ1n) is 7.07. The highest BCUT2D eigenvalue weighted by Gasteiger charge is 2.15. The predicted octanol–water partition coefficient (Wildman–Crippen LogP) is 3.34. The zero-order valence-corrected chi connectivity index (χ0v) is 13.0. The molecule has 2 heterocycles. The summed E-state index contributed by atoms with van der Waals surface area (Å²) in [5, 5.41) is 3.32. The fraction of sp³-hybridized carbons (Fsp3) is 0.375. The van der Waals surface area contributed by atoms with E-state index in [2.05, 4.69) is 16.4 Å². The number of ether oxygens (including phenoxy) is 1. The standard InChI is InChI=1S/C16H18N2O2S/c1-10-13(16(19)20-2)6-7-15(18-10)17-9-12-8-11-4-3-5-14(11)21-12/h6-8H,3-5,9H2,1-2H3,(H,17,18). The van der Waals surface area contributed by atoms with Gasteiger partial charge >= 0.3 is 5.97 Å². The van der Waals surface area contributed by atoms with Crippen LogP contribution in [0.5, 0.6) is 0 Å². The van der Waals surface area contributed by atoms with E-state index in [4.69, 9.17) is 4.74 Å². The Bertz CT molecular complexity index is 657. The van der Waals surface area contributed by atoms with Crippen molar-refractivity contribution in [3.8, 4) is 0 Å². The van der Waals surface area contributed by atoms with E-state index in [0.29, 0.717) is 11.3 Å². The molecule has 1 aliphatic rings. The number of nitrogens with zero attached hydrogens (tertiary/aromatic N) is 1. The van der Waals surface area contributed by atoms with Gasteiger partial charge in [-0.2, -0.15) is 0 Å². The van der Waals surface area contributed by atoms with Gasteiger partial charge in [0.25, 0.3) is 0 Å². The number of hydrogen-bond donors (Lipinski definition) is 1. The van der Waals surface area contributed by atoms with Crippen LogP contribution in [0.3, 0.4) is 0 Å². The number of methoxy groups -OCH3 is 1. The fourth-order valence-electron chi connectivity index (χ4n) is 2.64. The molecule has 110 valence electrons. The van der Waals surface area contributed by atoms with Crippen LogP contribution in [0.4, 0.5) is 5.82 Å². The number of pyridine rings is 1. The third kappa shape index (κ3) is 2.93. The highest BCUT2D eigenvalue weighted by Crippen LogP contribution is 2.30. The highest BCUT2D eigenvalue weighted by atomic mass is 32.1. The molecular weight excluding hydrogens is 284 g/mol. The lowest BCUT2D eigenvalue weighted by Gasteiger charge is -2.08. The Hall–Kier alpha value is -1.88. The topological polar surface area (TPSA) is 51.2 Å². The Labute approximate surface area is 128 Å². The van der Waals surface area contributed by atoms with Gasteiger partial charge in [0.05, 0.1) is 24.9 Å². The van der Waals surface area contributed by atoms with Crippen molar-refractivity contribution in [2.75, 3.05) is 12.4 Å².